The molecule has 0 bridgehead atoms. The summed E-state index contributed by atoms with van der Waals surface area (Å²) in [7, 11) is 0. The highest BCUT2D eigenvalue weighted by Gasteiger charge is 2.43. The van der Waals surface area contributed by atoms with Gasteiger partial charge in [-0.3, -0.25) is 9.78 Å². The number of ether oxygens (including phenoxy) is 2. The molecule has 1 spiro atoms. The largest absolute Gasteiger partial charge is 0.372 e. The number of aromatic nitrogens is 1. The number of amides is 1. The number of piperidine rings is 1. The first-order chi connectivity index (χ1) is 12.7. The molecule has 136 valence electrons. The Labute approximate surface area is 153 Å². The molecule has 2 aromatic rings. The maximum atomic E-state index is 12.6. The van der Waals surface area contributed by atoms with Gasteiger partial charge in [-0.1, -0.05) is 24.3 Å². The van der Waals surface area contributed by atoms with Gasteiger partial charge in [0.1, 0.15) is 0 Å². The van der Waals surface area contributed by atoms with Crippen molar-refractivity contribution in [1.29, 1.82) is 0 Å². The van der Waals surface area contributed by atoms with Crippen molar-refractivity contribution in [3.63, 3.8) is 0 Å². The van der Waals surface area contributed by atoms with E-state index >= 15 is 0 Å². The summed E-state index contributed by atoms with van der Waals surface area (Å²) in [6.45, 7) is 2.62. The van der Waals surface area contributed by atoms with Gasteiger partial charge < -0.3 is 14.4 Å². The third-order valence-electron chi connectivity index (χ3n) is 5.35. The zero-order valence-electron chi connectivity index (χ0n) is 14.8. The van der Waals surface area contributed by atoms with Gasteiger partial charge in [0.25, 0.3) is 5.91 Å². The minimum atomic E-state index is -0.137. The van der Waals surface area contributed by atoms with Crippen molar-refractivity contribution in [1.82, 2.24) is 9.88 Å². The van der Waals surface area contributed by atoms with Crippen LogP contribution in [0.3, 0.4) is 0 Å². The van der Waals surface area contributed by atoms with Gasteiger partial charge in [0.05, 0.1) is 30.6 Å². The third kappa shape index (κ3) is 3.79. The number of benzene rings is 1. The molecular weight excluding hydrogens is 328 g/mol. The number of nitrogens with zero attached hydrogens (tertiary/aromatic N) is 2. The van der Waals surface area contributed by atoms with Crippen molar-refractivity contribution < 1.29 is 14.3 Å². The Morgan fingerprint density at radius 2 is 1.92 bits per heavy atom. The average Bonchev–Trinajstić information content (AvgIpc) is 3.10. The van der Waals surface area contributed by atoms with E-state index < -0.39 is 0 Å². The molecule has 0 aliphatic carbocycles. The number of carbonyl (C=O) groups is 1. The molecule has 5 heteroatoms. The van der Waals surface area contributed by atoms with E-state index in [-0.39, 0.29) is 17.6 Å². The summed E-state index contributed by atoms with van der Waals surface area (Å²) in [4.78, 5) is 18.8. The Hall–Kier alpha value is -2.24. The Balaban J connectivity index is 1.28. The van der Waals surface area contributed by atoms with Crippen LogP contribution in [0.1, 0.15) is 35.3 Å². The molecule has 2 saturated heterocycles. The van der Waals surface area contributed by atoms with Gasteiger partial charge in [0.15, 0.2) is 0 Å². The number of hydrogen-bond donors (Lipinski definition) is 0. The monoisotopic (exact) mass is 352 g/mol. The summed E-state index contributed by atoms with van der Waals surface area (Å²) in [5.74, 6) is 0.112. The molecule has 1 aromatic heterocycles. The van der Waals surface area contributed by atoms with Crippen LogP contribution >= 0.6 is 0 Å². The van der Waals surface area contributed by atoms with Gasteiger partial charge in [0, 0.05) is 31.3 Å². The SMILES string of the molecule is O=C(c1ccccc1)N1CCC2(CC1)C[C@H](OCc1ccccn1)CO2. The molecule has 1 aromatic carbocycles. The first kappa shape index (κ1) is 17.2. The number of hydrogen-bond acceptors (Lipinski definition) is 4. The maximum absolute atomic E-state index is 12.6. The van der Waals surface area contributed by atoms with Crippen LogP contribution in [0.15, 0.2) is 54.7 Å². The van der Waals surface area contributed by atoms with Crippen molar-refractivity contribution in [2.75, 3.05) is 19.7 Å². The number of rotatable bonds is 4. The van der Waals surface area contributed by atoms with Crippen LogP contribution < -0.4 is 0 Å². The predicted molar refractivity (Wildman–Crippen MR) is 97.7 cm³/mol. The number of likely N-dealkylation sites (tertiary alicyclic amines) is 1. The minimum absolute atomic E-state index is 0.105. The topological polar surface area (TPSA) is 51.7 Å². The number of pyridine rings is 1. The molecule has 5 nitrogen and oxygen atoms in total. The van der Waals surface area contributed by atoms with Gasteiger partial charge in [-0.15, -0.1) is 0 Å². The molecule has 2 aliphatic rings. The molecule has 1 amide bonds. The van der Waals surface area contributed by atoms with Crippen LogP contribution in [-0.2, 0) is 16.1 Å². The second kappa shape index (κ2) is 7.56. The van der Waals surface area contributed by atoms with Crippen LogP contribution in [0.5, 0.6) is 0 Å². The van der Waals surface area contributed by atoms with E-state index in [0.717, 1.165) is 43.6 Å². The average molecular weight is 352 g/mol. The maximum Gasteiger partial charge on any atom is 0.253 e. The fourth-order valence-corrected chi connectivity index (χ4v) is 3.83. The summed E-state index contributed by atoms with van der Waals surface area (Å²) < 4.78 is 12.1. The minimum Gasteiger partial charge on any atom is -0.372 e. The van der Waals surface area contributed by atoms with Gasteiger partial charge in [-0.2, -0.15) is 0 Å². The third-order valence-corrected chi connectivity index (χ3v) is 5.35. The molecule has 0 unspecified atom stereocenters. The summed E-state index contributed by atoms with van der Waals surface area (Å²) in [5, 5.41) is 0. The zero-order valence-corrected chi connectivity index (χ0v) is 14.8. The van der Waals surface area contributed by atoms with Gasteiger partial charge >= 0.3 is 0 Å². The normalized spacial score (nSPS) is 21.8. The summed E-state index contributed by atoms with van der Waals surface area (Å²) in [6, 6.07) is 15.3. The molecule has 2 aliphatic heterocycles. The highest BCUT2D eigenvalue weighted by Crippen LogP contribution is 2.37. The molecule has 26 heavy (non-hydrogen) atoms. The van der Waals surface area contributed by atoms with E-state index in [1.54, 1.807) is 6.20 Å². The summed E-state index contributed by atoms with van der Waals surface area (Å²) in [5.41, 5.74) is 1.56. The smallest absolute Gasteiger partial charge is 0.253 e. The lowest BCUT2D eigenvalue weighted by Crippen LogP contribution is -2.46. The fourth-order valence-electron chi connectivity index (χ4n) is 3.83. The van der Waals surface area contributed by atoms with Crippen LogP contribution in [0.2, 0.25) is 0 Å². The second-order valence-corrected chi connectivity index (χ2v) is 7.11. The van der Waals surface area contributed by atoms with Crippen molar-refractivity contribution >= 4 is 5.91 Å². The van der Waals surface area contributed by atoms with E-state index in [1.807, 2.05) is 53.4 Å². The molecule has 0 radical (unpaired) electrons. The van der Waals surface area contributed by atoms with Crippen LogP contribution in [0, 0.1) is 0 Å². The quantitative estimate of drug-likeness (QED) is 0.849. The molecule has 0 saturated carbocycles. The van der Waals surface area contributed by atoms with Crippen molar-refractivity contribution in [3.8, 4) is 0 Å². The highest BCUT2D eigenvalue weighted by molar-refractivity contribution is 5.94. The van der Waals surface area contributed by atoms with E-state index in [9.17, 15) is 4.79 Å². The Kier molecular flexibility index (Phi) is 5.00. The lowest BCUT2D eigenvalue weighted by Gasteiger charge is -2.38. The molecule has 2 fully saturated rings. The molecule has 3 heterocycles. The standard InChI is InChI=1S/C21H24N2O3/c24-20(17-6-2-1-3-7-17)23-12-9-21(10-13-23)14-19(16-26-21)25-15-18-8-4-5-11-22-18/h1-8,11,19H,9-10,12-16H2/t19-/m0/s1. The Morgan fingerprint density at radius 1 is 1.15 bits per heavy atom. The van der Waals surface area contributed by atoms with Crippen LogP contribution in [0.4, 0.5) is 0 Å². The Bertz CT molecular complexity index is 727. The predicted octanol–water partition coefficient (Wildman–Crippen LogP) is 3.06. The van der Waals surface area contributed by atoms with Crippen molar-refractivity contribution in [3.05, 3.63) is 66.0 Å². The first-order valence-corrected chi connectivity index (χ1v) is 9.24. The van der Waals surface area contributed by atoms with E-state index in [1.165, 1.54) is 0 Å². The lowest BCUT2D eigenvalue weighted by atomic mass is 9.87. The van der Waals surface area contributed by atoms with Gasteiger partial charge in [-0.05, 0) is 37.1 Å². The van der Waals surface area contributed by atoms with E-state index in [2.05, 4.69) is 4.98 Å². The number of carbonyl (C=O) groups excluding carboxylic acids is 1. The van der Waals surface area contributed by atoms with Crippen molar-refractivity contribution in [2.45, 2.75) is 37.6 Å². The van der Waals surface area contributed by atoms with E-state index in [4.69, 9.17) is 9.47 Å². The molecule has 1 atom stereocenters. The lowest BCUT2D eigenvalue weighted by molar-refractivity contribution is -0.0412. The molecule has 0 N–H and O–H groups in total. The zero-order chi connectivity index (χ0) is 17.8. The Morgan fingerprint density at radius 3 is 2.65 bits per heavy atom. The molecule has 4 rings (SSSR count). The summed E-state index contributed by atoms with van der Waals surface area (Å²) >= 11 is 0. The first-order valence-electron chi connectivity index (χ1n) is 9.24. The van der Waals surface area contributed by atoms with Crippen molar-refractivity contribution in [2.24, 2.45) is 0 Å². The van der Waals surface area contributed by atoms with E-state index in [0.29, 0.717) is 13.2 Å². The molecular formula is C21H24N2O3. The van der Waals surface area contributed by atoms with Gasteiger partial charge in [-0.25, -0.2) is 0 Å². The van der Waals surface area contributed by atoms with Crippen LogP contribution in [-0.4, -0.2) is 47.2 Å². The fraction of sp³-hybridized carbons (Fsp3) is 0.429. The summed E-state index contributed by atoms with van der Waals surface area (Å²) in [6.07, 6.45) is 4.52. The second-order valence-electron chi connectivity index (χ2n) is 7.11. The van der Waals surface area contributed by atoms with Crippen LogP contribution in [0.25, 0.3) is 0 Å². The van der Waals surface area contributed by atoms with Gasteiger partial charge in [0.2, 0.25) is 0 Å². The highest BCUT2D eigenvalue weighted by atomic mass is 16.6.